The monoisotopic (exact) mass is 319 g/mol. The Hall–Kier alpha value is -2.15. The molecule has 3 rings (SSSR count). The molecule has 1 aromatic heterocycles. The van der Waals surface area contributed by atoms with Crippen molar-refractivity contribution in [3.63, 3.8) is 0 Å². The first-order chi connectivity index (χ1) is 10.4. The second-order valence-electron chi connectivity index (χ2n) is 5.61. The van der Waals surface area contributed by atoms with E-state index in [-0.39, 0.29) is 18.3 Å². The average Bonchev–Trinajstić information content (AvgIpc) is 2.92. The molecule has 0 bridgehead atoms. The van der Waals surface area contributed by atoms with Gasteiger partial charge in [-0.3, -0.25) is 9.48 Å². The Labute approximate surface area is 129 Å². The Morgan fingerprint density at radius 1 is 1.23 bits per heavy atom. The molecule has 0 radical (unpaired) electrons. The van der Waals surface area contributed by atoms with Crippen molar-refractivity contribution < 1.29 is 13.2 Å². The summed E-state index contributed by atoms with van der Waals surface area (Å²) < 4.78 is 27.4. The summed E-state index contributed by atoms with van der Waals surface area (Å²) in [6.45, 7) is 3.93. The number of hydrogen-bond donors (Lipinski definition) is 0. The summed E-state index contributed by atoms with van der Waals surface area (Å²) in [6.07, 6.45) is 1.79. The largest absolute Gasteiger partial charge is 0.270 e. The van der Waals surface area contributed by atoms with E-state index in [0.717, 1.165) is 4.31 Å². The molecule has 0 atom stereocenters. The van der Waals surface area contributed by atoms with Gasteiger partial charge in [0, 0.05) is 17.8 Å². The highest BCUT2D eigenvalue weighted by Crippen LogP contribution is 2.25. The highest BCUT2D eigenvalue weighted by atomic mass is 32.2. The molecule has 1 aromatic carbocycles. The molecular weight excluding hydrogens is 302 g/mol. The predicted molar refractivity (Wildman–Crippen MR) is 81.6 cm³/mol. The second-order valence-corrected chi connectivity index (χ2v) is 7.50. The summed E-state index contributed by atoms with van der Waals surface area (Å²) in [7, 11) is -3.66. The van der Waals surface area contributed by atoms with Gasteiger partial charge in [-0.15, -0.1) is 0 Å². The Morgan fingerprint density at radius 3 is 2.64 bits per heavy atom. The zero-order valence-electron chi connectivity index (χ0n) is 12.4. The van der Waals surface area contributed by atoms with Crippen LogP contribution in [-0.2, 0) is 22.3 Å². The van der Waals surface area contributed by atoms with E-state index in [4.69, 9.17) is 0 Å². The third kappa shape index (κ3) is 2.52. The summed E-state index contributed by atoms with van der Waals surface area (Å²) in [4.78, 5) is 12.5. The minimum atomic E-state index is -3.66. The maximum atomic E-state index is 12.5. The quantitative estimate of drug-likeness (QED) is 0.867. The lowest BCUT2D eigenvalue weighted by Crippen LogP contribution is -2.41. The first kappa shape index (κ1) is 14.8. The number of fused-ring (bicyclic) bond motifs is 1. The van der Waals surface area contributed by atoms with Crippen molar-refractivity contribution in [3.05, 3.63) is 53.3 Å². The first-order valence-corrected chi connectivity index (χ1v) is 8.66. The summed E-state index contributed by atoms with van der Waals surface area (Å²) in [5, 5.41) is 4.32. The molecule has 116 valence electrons. The fraction of sp³-hybridized carbons (Fsp3) is 0.333. The van der Waals surface area contributed by atoms with Gasteiger partial charge in [-0.25, -0.2) is 12.7 Å². The van der Waals surface area contributed by atoms with Gasteiger partial charge in [0.25, 0.3) is 5.91 Å². The molecule has 6 nitrogen and oxygen atoms in total. The van der Waals surface area contributed by atoms with Crippen molar-refractivity contribution in [2.24, 2.45) is 0 Å². The summed E-state index contributed by atoms with van der Waals surface area (Å²) >= 11 is 0. The van der Waals surface area contributed by atoms with E-state index in [1.807, 2.05) is 13.8 Å². The van der Waals surface area contributed by atoms with Gasteiger partial charge >= 0.3 is 0 Å². The Bertz CT molecular complexity index is 824. The van der Waals surface area contributed by atoms with Crippen LogP contribution in [0.3, 0.4) is 0 Å². The van der Waals surface area contributed by atoms with Gasteiger partial charge in [0.1, 0.15) is 0 Å². The van der Waals surface area contributed by atoms with Gasteiger partial charge in [-0.1, -0.05) is 18.2 Å². The van der Waals surface area contributed by atoms with Crippen molar-refractivity contribution in [3.8, 4) is 0 Å². The molecule has 1 aliphatic rings. The molecule has 0 spiro atoms. The number of carbonyl (C=O) groups excluding carboxylic acids is 1. The van der Waals surface area contributed by atoms with Crippen LogP contribution in [0.5, 0.6) is 0 Å². The molecule has 0 saturated carbocycles. The van der Waals surface area contributed by atoms with Crippen LogP contribution < -0.4 is 0 Å². The molecule has 0 fully saturated rings. The second kappa shape index (κ2) is 5.24. The van der Waals surface area contributed by atoms with Crippen molar-refractivity contribution in [2.75, 3.05) is 0 Å². The van der Waals surface area contributed by atoms with E-state index in [1.165, 1.54) is 0 Å². The van der Waals surface area contributed by atoms with Crippen LogP contribution in [-0.4, -0.2) is 28.4 Å². The lowest BCUT2D eigenvalue weighted by atomic mass is 10.1. The smallest absolute Gasteiger partial charge is 0.268 e. The molecule has 22 heavy (non-hydrogen) atoms. The number of aromatic nitrogens is 2. The Balaban J connectivity index is 1.94. The zero-order valence-corrected chi connectivity index (χ0v) is 13.2. The molecule has 2 aromatic rings. The number of hydrogen-bond acceptors (Lipinski definition) is 4. The number of sulfonamides is 1. The fourth-order valence-electron chi connectivity index (χ4n) is 2.46. The Kier molecular flexibility index (Phi) is 3.52. The lowest BCUT2D eigenvalue weighted by molar-refractivity contribution is 0.0848. The van der Waals surface area contributed by atoms with Gasteiger partial charge in [0.2, 0.25) is 10.0 Å². The van der Waals surface area contributed by atoms with E-state index in [1.54, 1.807) is 41.2 Å². The number of benzene rings is 1. The third-order valence-corrected chi connectivity index (χ3v) is 5.29. The molecule has 0 aliphatic carbocycles. The molecule has 2 heterocycles. The van der Waals surface area contributed by atoms with E-state index < -0.39 is 15.9 Å². The van der Waals surface area contributed by atoms with Crippen LogP contribution in [0.4, 0.5) is 0 Å². The van der Waals surface area contributed by atoms with Crippen molar-refractivity contribution >= 4 is 15.9 Å². The topological polar surface area (TPSA) is 72.3 Å². The first-order valence-electron chi connectivity index (χ1n) is 7.05. The maximum Gasteiger partial charge on any atom is 0.268 e. The molecule has 1 amide bonds. The van der Waals surface area contributed by atoms with Crippen LogP contribution in [0.25, 0.3) is 0 Å². The Morgan fingerprint density at radius 2 is 1.95 bits per heavy atom. The number of amides is 1. The van der Waals surface area contributed by atoms with Crippen LogP contribution in [0.15, 0.2) is 36.5 Å². The van der Waals surface area contributed by atoms with E-state index in [9.17, 15) is 13.2 Å². The summed E-state index contributed by atoms with van der Waals surface area (Å²) in [5.74, 6) is -0.638. The van der Waals surface area contributed by atoms with Gasteiger partial charge in [0.15, 0.2) is 0 Å². The highest BCUT2D eigenvalue weighted by Gasteiger charge is 2.35. The standard InChI is InChI=1S/C15H17N3O3S/c1-11(2)17-8-7-13(16-17)9-18-15(19)14-6-4-3-5-12(14)10-22(18,20)21/h3-8,11H,9-10H2,1-2H3. The van der Waals surface area contributed by atoms with Crippen LogP contribution >= 0.6 is 0 Å². The van der Waals surface area contributed by atoms with E-state index in [2.05, 4.69) is 5.10 Å². The predicted octanol–water partition coefficient (Wildman–Crippen LogP) is 1.95. The minimum absolute atomic E-state index is 0.0325. The fourth-order valence-corrected chi connectivity index (χ4v) is 3.94. The molecule has 0 unspecified atom stereocenters. The van der Waals surface area contributed by atoms with Crippen LogP contribution in [0.2, 0.25) is 0 Å². The highest BCUT2D eigenvalue weighted by molar-refractivity contribution is 7.89. The maximum absolute atomic E-state index is 12.5. The zero-order chi connectivity index (χ0) is 15.9. The SMILES string of the molecule is CC(C)n1ccc(CN2C(=O)c3ccccc3CS2(=O)=O)n1. The molecule has 0 saturated heterocycles. The normalized spacial score (nSPS) is 16.9. The lowest BCUT2D eigenvalue weighted by Gasteiger charge is -2.27. The third-order valence-electron chi connectivity index (χ3n) is 3.65. The van der Waals surface area contributed by atoms with Crippen molar-refractivity contribution in [2.45, 2.75) is 32.2 Å². The van der Waals surface area contributed by atoms with E-state index in [0.29, 0.717) is 16.8 Å². The summed E-state index contributed by atoms with van der Waals surface area (Å²) in [5.41, 5.74) is 1.56. The number of rotatable bonds is 3. The van der Waals surface area contributed by atoms with Crippen molar-refractivity contribution in [1.29, 1.82) is 0 Å². The molecule has 7 heteroatoms. The number of carbonyl (C=O) groups is 1. The van der Waals surface area contributed by atoms with Crippen LogP contribution in [0.1, 0.15) is 41.5 Å². The van der Waals surface area contributed by atoms with Gasteiger partial charge < -0.3 is 0 Å². The van der Waals surface area contributed by atoms with Gasteiger partial charge in [0.05, 0.1) is 18.0 Å². The summed E-state index contributed by atoms with van der Waals surface area (Å²) in [6, 6.07) is 8.73. The van der Waals surface area contributed by atoms with Crippen LogP contribution in [0, 0.1) is 0 Å². The van der Waals surface area contributed by atoms with Gasteiger partial charge in [-0.05, 0) is 31.5 Å². The average molecular weight is 319 g/mol. The number of nitrogens with zero attached hydrogens (tertiary/aromatic N) is 3. The molecule has 1 aliphatic heterocycles. The molecular formula is C15H17N3O3S. The van der Waals surface area contributed by atoms with Gasteiger partial charge in [-0.2, -0.15) is 5.10 Å². The molecule has 0 N–H and O–H groups in total. The minimum Gasteiger partial charge on any atom is -0.270 e. The van der Waals surface area contributed by atoms with E-state index >= 15 is 0 Å². The van der Waals surface area contributed by atoms with Crippen molar-refractivity contribution in [1.82, 2.24) is 14.1 Å².